The Bertz CT molecular complexity index is 775. The first-order valence-electron chi connectivity index (χ1n) is 6.28. The van der Waals surface area contributed by atoms with E-state index in [2.05, 4.69) is 26.3 Å². The molecular weight excluding hydrogens is 372 g/mol. The highest BCUT2D eigenvalue weighted by Gasteiger charge is 2.16. The maximum Gasteiger partial charge on any atom is 0.239 e. The van der Waals surface area contributed by atoms with Crippen LogP contribution in [-0.4, -0.2) is 48.3 Å². The number of rotatable bonds is 5. The number of benzene rings is 1. The molecule has 0 unspecified atom stereocenters. The first kappa shape index (κ1) is 16.7. The number of anilines is 1. The van der Waals surface area contributed by atoms with Gasteiger partial charge in [0.05, 0.1) is 24.2 Å². The monoisotopic (exact) mass is 386 g/mol. The van der Waals surface area contributed by atoms with Crippen LogP contribution in [0.2, 0.25) is 0 Å². The molecule has 1 amide bonds. The van der Waals surface area contributed by atoms with E-state index in [1.807, 2.05) is 6.07 Å². The molecule has 0 atom stereocenters. The van der Waals surface area contributed by atoms with E-state index >= 15 is 0 Å². The summed E-state index contributed by atoms with van der Waals surface area (Å²) in [5.74, 6) is -0.431. The van der Waals surface area contributed by atoms with Gasteiger partial charge in [0.15, 0.2) is 0 Å². The molecular formula is C13H15BrN4O3S. The van der Waals surface area contributed by atoms with Crippen molar-refractivity contribution < 1.29 is 13.2 Å². The number of amides is 1. The second-order valence-electron chi connectivity index (χ2n) is 4.68. The minimum absolute atomic E-state index is 0.260. The molecule has 0 saturated carbocycles. The van der Waals surface area contributed by atoms with E-state index in [1.54, 1.807) is 35.3 Å². The first-order chi connectivity index (χ1) is 10.3. The maximum absolute atomic E-state index is 12.0. The van der Waals surface area contributed by atoms with Crippen LogP contribution in [0.25, 0.3) is 5.69 Å². The van der Waals surface area contributed by atoms with E-state index in [1.165, 1.54) is 7.05 Å². The molecule has 0 fully saturated rings. The number of hydrogen-bond donors (Lipinski definition) is 1. The molecule has 9 heteroatoms. The summed E-state index contributed by atoms with van der Waals surface area (Å²) >= 11 is 3.34. The zero-order valence-corrected chi connectivity index (χ0v) is 14.4. The predicted molar refractivity (Wildman–Crippen MR) is 87.4 cm³/mol. The highest BCUT2D eigenvalue weighted by molar-refractivity contribution is 9.10. The Morgan fingerprint density at radius 3 is 2.77 bits per heavy atom. The predicted octanol–water partition coefficient (Wildman–Crippen LogP) is 1.46. The number of aromatic nitrogens is 2. The van der Waals surface area contributed by atoms with Crippen LogP contribution in [0.3, 0.4) is 0 Å². The van der Waals surface area contributed by atoms with Crippen molar-refractivity contribution in [1.82, 2.24) is 14.1 Å². The highest BCUT2D eigenvalue weighted by atomic mass is 79.9. The molecule has 0 saturated heterocycles. The lowest BCUT2D eigenvalue weighted by Crippen LogP contribution is -2.34. The van der Waals surface area contributed by atoms with Gasteiger partial charge in [-0.25, -0.2) is 13.1 Å². The summed E-state index contributed by atoms with van der Waals surface area (Å²) < 4.78 is 26.1. The van der Waals surface area contributed by atoms with Crippen molar-refractivity contribution in [1.29, 1.82) is 0 Å². The number of sulfonamides is 1. The van der Waals surface area contributed by atoms with Crippen LogP contribution in [0.15, 0.2) is 41.1 Å². The van der Waals surface area contributed by atoms with Crippen LogP contribution in [0.4, 0.5) is 5.69 Å². The summed E-state index contributed by atoms with van der Waals surface area (Å²) in [6.07, 6.45) is 4.43. The molecule has 0 radical (unpaired) electrons. The zero-order chi connectivity index (χ0) is 16.3. The molecule has 0 aliphatic rings. The molecule has 1 N–H and O–H groups in total. The van der Waals surface area contributed by atoms with Crippen LogP contribution in [0.5, 0.6) is 0 Å². The molecule has 1 aromatic heterocycles. The Morgan fingerprint density at radius 1 is 1.45 bits per heavy atom. The summed E-state index contributed by atoms with van der Waals surface area (Å²) in [5, 5.41) is 6.83. The van der Waals surface area contributed by atoms with Crippen molar-refractivity contribution in [2.75, 3.05) is 25.2 Å². The lowest BCUT2D eigenvalue weighted by molar-refractivity contribution is -0.116. The molecule has 0 spiro atoms. The summed E-state index contributed by atoms with van der Waals surface area (Å²) in [7, 11) is -2.05. The normalized spacial score (nSPS) is 11.6. The van der Waals surface area contributed by atoms with Gasteiger partial charge in [-0.15, -0.1) is 0 Å². The second-order valence-corrected chi connectivity index (χ2v) is 7.68. The lowest BCUT2D eigenvalue weighted by Gasteiger charge is -2.15. The van der Waals surface area contributed by atoms with Gasteiger partial charge in [0.2, 0.25) is 15.9 Å². The first-order valence-corrected chi connectivity index (χ1v) is 8.92. The van der Waals surface area contributed by atoms with Gasteiger partial charge < -0.3 is 5.32 Å². The van der Waals surface area contributed by atoms with Crippen LogP contribution >= 0.6 is 15.9 Å². The molecule has 0 aliphatic carbocycles. The smallest absolute Gasteiger partial charge is 0.239 e. The fourth-order valence-corrected chi connectivity index (χ4v) is 2.44. The quantitative estimate of drug-likeness (QED) is 0.842. The number of halogens is 1. The summed E-state index contributed by atoms with van der Waals surface area (Å²) in [6.45, 7) is -0.260. The Balaban J connectivity index is 2.22. The number of carbonyl (C=O) groups excluding carboxylic acids is 1. The Kier molecular flexibility index (Phi) is 4.99. The number of carbonyl (C=O) groups is 1. The lowest BCUT2D eigenvalue weighted by atomic mass is 10.2. The third-order valence-corrected chi connectivity index (χ3v) is 4.67. The largest absolute Gasteiger partial charge is 0.323 e. The number of nitrogens with one attached hydrogen (secondary N) is 1. The third-order valence-electron chi connectivity index (χ3n) is 2.92. The van der Waals surface area contributed by atoms with Crippen molar-refractivity contribution >= 4 is 37.5 Å². The molecule has 2 aromatic rings. The van der Waals surface area contributed by atoms with E-state index in [-0.39, 0.29) is 6.54 Å². The van der Waals surface area contributed by atoms with Crippen LogP contribution in [0, 0.1) is 0 Å². The van der Waals surface area contributed by atoms with E-state index in [4.69, 9.17) is 0 Å². The van der Waals surface area contributed by atoms with Gasteiger partial charge >= 0.3 is 0 Å². The van der Waals surface area contributed by atoms with Crippen molar-refractivity contribution in [2.24, 2.45) is 0 Å². The molecule has 0 aliphatic heterocycles. The second kappa shape index (κ2) is 6.59. The standard InChI is InChI=1S/C13H15BrN4O3S/c1-17(22(2,20)21)9-13(19)16-11-8-10(14)4-5-12(11)18-7-3-6-15-18/h3-8H,9H2,1-2H3,(H,16,19). The topological polar surface area (TPSA) is 84.3 Å². The average Bonchev–Trinajstić information content (AvgIpc) is 2.91. The van der Waals surface area contributed by atoms with E-state index < -0.39 is 15.9 Å². The Hall–Kier alpha value is -1.71. The van der Waals surface area contributed by atoms with Crippen LogP contribution in [0.1, 0.15) is 0 Å². The number of likely N-dealkylation sites (N-methyl/N-ethyl adjacent to an activating group) is 1. The fourth-order valence-electron chi connectivity index (χ4n) is 1.73. The molecule has 0 bridgehead atoms. The van der Waals surface area contributed by atoms with Crippen molar-refractivity contribution in [2.45, 2.75) is 0 Å². The van der Waals surface area contributed by atoms with Crippen LogP contribution < -0.4 is 5.32 Å². The Morgan fingerprint density at radius 2 is 2.18 bits per heavy atom. The summed E-state index contributed by atoms with van der Waals surface area (Å²) in [4.78, 5) is 12.0. The van der Waals surface area contributed by atoms with E-state index in [9.17, 15) is 13.2 Å². The van der Waals surface area contributed by atoms with E-state index in [0.717, 1.165) is 15.0 Å². The van der Waals surface area contributed by atoms with Gasteiger partial charge in [0.25, 0.3) is 0 Å². The van der Waals surface area contributed by atoms with Crippen LogP contribution in [-0.2, 0) is 14.8 Å². The average molecular weight is 387 g/mol. The highest BCUT2D eigenvalue weighted by Crippen LogP contribution is 2.24. The van der Waals surface area contributed by atoms with Crippen molar-refractivity contribution in [3.05, 3.63) is 41.1 Å². The molecule has 1 aromatic carbocycles. The number of hydrogen-bond acceptors (Lipinski definition) is 4. The molecule has 1 heterocycles. The molecule has 7 nitrogen and oxygen atoms in total. The zero-order valence-electron chi connectivity index (χ0n) is 12.0. The summed E-state index contributed by atoms with van der Waals surface area (Å²) in [5.41, 5.74) is 1.22. The van der Waals surface area contributed by atoms with Gasteiger partial charge in [-0.05, 0) is 24.3 Å². The number of nitrogens with zero attached hydrogens (tertiary/aromatic N) is 3. The fraction of sp³-hybridized carbons (Fsp3) is 0.231. The van der Waals surface area contributed by atoms with E-state index in [0.29, 0.717) is 11.4 Å². The van der Waals surface area contributed by atoms with Gasteiger partial charge in [0.1, 0.15) is 0 Å². The minimum atomic E-state index is -3.41. The minimum Gasteiger partial charge on any atom is -0.323 e. The summed E-state index contributed by atoms with van der Waals surface area (Å²) in [6, 6.07) is 7.13. The SMILES string of the molecule is CN(CC(=O)Nc1cc(Br)ccc1-n1cccn1)S(C)(=O)=O. The molecule has 2 rings (SSSR count). The Labute approximate surface area is 137 Å². The van der Waals surface area contributed by atoms with Crippen molar-refractivity contribution in [3.63, 3.8) is 0 Å². The molecule has 22 heavy (non-hydrogen) atoms. The van der Waals surface area contributed by atoms with Gasteiger partial charge in [-0.1, -0.05) is 15.9 Å². The van der Waals surface area contributed by atoms with Gasteiger partial charge in [0, 0.05) is 23.9 Å². The maximum atomic E-state index is 12.0. The third kappa shape index (κ3) is 4.15. The van der Waals surface area contributed by atoms with Gasteiger partial charge in [-0.3, -0.25) is 4.79 Å². The van der Waals surface area contributed by atoms with Crippen molar-refractivity contribution in [3.8, 4) is 5.69 Å². The van der Waals surface area contributed by atoms with Gasteiger partial charge in [-0.2, -0.15) is 9.40 Å². The molecule has 118 valence electrons.